The van der Waals surface area contributed by atoms with Crippen molar-refractivity contribution in [3.05, 3.63) is 36.3 Å². The molecule has 1 aliphatic heterocycles. The molecule has 1 saturated heterocycles. The highest BCUT2D eigenvalue weighted by Crippen LogP contribution is 2.28. The molecular formula is C16H24N4O. The Morgan fingerprint density at radius 2 is 2.29 bits per heavy atom. The van der Waals surface area contributed by atoms with Gasteiger partial charge in [0, 0.05) is 32.1 Å². The summed E-state index contributed by atoms with van der Waals surface area (Å²) in [5.41, 5.74) is 8.52. The number of methoxy groups -OCH3 is 1. The molecule has 3 heterocycles. The summed E-state index contributed by atoms with van der Waals surface area (Å²) in [6.07, 6.45) is 7.59. The fraction of sp³-hybridized carbons (Fsp3) is 0.562. The Hall–Kier alpha value is -1.43. The minimum atomic E-state index is 0.134. The number of nitrogens with two attached hydrogens (primary N) is 1. The van der Waals surface area contributed by atoms with E-state index in [1.165, 1.54) is 12.8 Å². The van der Waals surface area contributed by atoms with Gasteiger partial charge >= 0.3 is 0 Å². The lowest BCUT2D eigenvalue weighted by Crippen LogP contribution is -2.41. The van der Waals surface area contributed by atoms with E-state index in [0.29, 0.717) is 0 Å². The molecule has 0 bridgehead atoms. The van der Waals surface area contributed by atoms with E-state index in [1.54, 1.807) is 7.11 Å². The predicted octanol–water partition coefficient (Wildman–Crippen LogP) is 1.83. The molecule has 2 aromatic heterocycles. The molecule has 2 unspecified atom stereocenters. The summed E-state index contributed by atoms with van der Waals surface area (Å²) >= 11 is 0. The summed E-state index contributed by atoms with van der Waals surface area (Å²) in [6, 6.07) is 6.39. The van der Waals surface area contributed by atoms with Crippen molar-refractivity contribution in [2.45, 2.75) is 31.3 Å². The van der Waals surface area contributed by atoms with Gasteiger partial charge in [0.15, 0.2) is 0 Å². The smallest absolute Gasteiger partial charge is 0.137 e. The van der Waals surface area contributed by atoms with Crippen molar-refractivity contribution in [1.29, 1.82) is 0 Å². The number of pyridine rings is 1. The molecule has 2 N–H and O–H groups in total. The molecule has 0 saturated carbocycles. The SMILES string of the molecule is COCCN1CCCCC(N)C1c1cn2ccccc2n1. The Morgan fingerprint density at radius 3 is 3.10 bits per heavy atom. The minimum Gasteiger partial charge on any atom is -0.383 e. The normalized spacial score (nSPS) is 24.3. The van der Waals surface area contributed by atoms with Crippen molar-refractivity contribution in [2.24, 2.45) is 5.73 Å². The average Bonchev–Trinajstić information content (AvgIpc) is 2.82. The monoisotopic (exact) mass is 288 g/mol. The molecular weight excluding hydrogens is 264 g/mol. The number of aromatic nitrogens is 2. The lowest BCUT2D eigenvalue weighted by atomic mass is 10.0. The van der Waals surface area contributed by atoms with Crippen LogP contribution in [0, 0.1) is 0 Å². The van der Waals surface area contributed by atoms with Gasteiger partial charge in [-0.15, -0.1) is 0 Å². The van der Waals surface area contributed by atoms with Crippen molar-refractivity contribution in [3.8, 4) is 0 Å². The molecule has 0 radical (unpaired) electrons. The third kappa shape index (κ3) is 3.10. The first-order valence-electron chi connectivity index (χ1n) is 7.72. The van der Waals surface area contributed by atoms with E-state index in [0.717, 1.165) is 37.5 Å². The molecule has 0 spiro atoms. The van der Waals surface area contributed by atoms with Gasteiger partial charge in [0.25, 0.3) is 0 Å². The summed E-state index contributed by atoms with van der Waals surface area (Å²) < 4.78 is 7.33. The van der Waals surface area contributed by atoms with Crippen LogP contribution >= 0.6 is 0 Å². The van der Waals surface area contributed by atoms with Gasteiger partial charge in [-0.3, -0.25) is 4.90 Å². The van der Waals surface area contributed by atoms with Crippen LogP contribution in [0.5, 0.6) is 0 Å². The van der Waals surface area contributed by atoms with Gasteiger partial charge in [-0.2, -0.15) is 0 Å². The summed E-state index contributed by atoms with van der Waals surface area (Å²) in [7, 11) is 1.75. The zero-order chi connectivity index (χ0) is 14.7. The predicted molar refractivity (Wildman–Crippen MR) is 83.2 cm³/mol. The molecule has 0 aliphatic carbocycles. The highest BCUT2D eigenvalue weighted by Gasteiger charge is 2.30. The van der Waals surface area contributed by atoms with Gasteiger partial charge in [-0.1, -0.05) is 12.5 Å². The van der Waals surface area contributed by atoms with Crippen LogP contribution in [0.2, 0.25) is 0 Å². The highest BCUT2D eigenvalue weighted by molar-refractivity contribution is 5.40. The standard InChI is InChI=1S/C16H24N4O/c1-21-11-10-19-8-4-2-6-13(17)16(19)14-12-20-9-5-3-7-15(20)18-14/h3,5,7,9,12-13,16H,2,4,6,8,10-11,17H2,1H3. The molecule has 1 aliphatic rings. The molecule has 1 fully saturated rings. The quantitative estimate of drug-likeness (QED) is 0.932. The number of hydrogen-bond acceptors (Lipinski definition) is 4. The largest absolute Gasteiger partial charge is 0.383 e. The van der Waals surface area contributed by atoms with Crippen LogP contribution in [0.15, 0.2) is 30.6 Å². The molecule has 0 aromatic carbocycles. The number of rotatable bonds is 4. The Bertz CT molecular complexity index is 549. The molecule has 5 nitrogen and oxygen atoms in total. The highest BCUT2D eigenvalue weighted by atomic mass is 16.5. The molecule has 21 heavy (non-hydrogen) atoms. The molecule has 2 atom stereocenters. The number of likely N-dealkylation sites (tertiary alicyclic amines) is 1. The fourth-order valence-electron chi connectivity index (χ4n) is 3.23. The second kappa shape index (κ2) is 6.56. The van der Waals surface area contributed by atoms with Crippen LogP contribution in [0.25, 0.3) is 5.65 Å². The first-order chi connectivity index (χ1) is 10.3. The van der Waals surface area contributed by atoms with E-state index >= 15 is 0 Å². The molecule has 5 heteroatoms. The zero-order valence-electron chi connectivity index (χ0n) is 12.6. The van der Waals surface area contributed by atoms with Crippen LogP contribution in [0.4, 0.5) is 0 Å². The van der Waals surface area contributed by atoms with E-state index in [1.807, 2.05) is 24.4 Å². The number of ether oxygens (including phenoxy) is 1. The lowest BCUT2D eigenvalue weighted by molar-refractivity contribution is 0.113. The number of nitrogens with zero attached hydrogens (tertiary/aromatic N) is 3. The Morgan fingerprint density at radius 1 is 1.38 bits per heavy atom. The van der Waals surface area contributed by atoms with Crippen molar-refractivity contribution in [1.82, 2.24) is 14.3 Å². The Kier molecular flexibility index (Phi) is 4.53. The van der Waals surface area contributed by atoms with E-state index in [9.17, 15) is 0 Å². The van der Waals surface area contributed by atoms with Crippen molar-refractivity contribution in [3.63, 3.8) is 0 Å². The molecule has 0 amide bonds. The third-order valence-corrected chi connectivity index (χ3v) is 4.30. The van der Waals surface area contributed by atoms with E-state index in [4.69, 9.17) is 15.5 Å². The van der Waals surface area contributed by atoms with E-state index in [-0.39, 0.29) is 12.1 Å². The Labute approximate surface area is 125 Å². The van der Waals surface area contributed by atoms with Crippen LogP contribution in [0.3, 0.4) is 0 Å². The zero-order valence-corrected chi connectivity index (χ0v) is 12.6. The van der Waals surface area contributed by atoms with E-state index < -0.39 is 0 Å². The second-order valence-electron chi connectivity index (χ2n) is 5.77. The number of imidazole rings is 1. The number of hydrogen-bond donors (Lipinski definition) is 1. The summed E-state index contributed by atoms with van der Waals surface area (Å²) in [6.45, 7) is 2.70. The topological polar surface area (TPSA) is 55.8 Å². The van der Waals surface area contributed by atoms with Crippen LogP contribution < -0.4 is 5.73 Å². The number of fused-ring (bicyclic) bond motifs is 1. The molecule has 114 valence electrons. The van der Waals surface area contributed by atoms with Crippen LogP contribution in [-0.2, 0) is 4.74 Å². The van der Waals surface area contributed by atoms with Crippen LogP contribution in [0.1, 0.15) is 31.0 Å². The van der Waals surface area contributed by atoms with Gasteiger partial charge in [-0.25, -0.2) is 4.98 Å². The minimum absolute atomic E-state index is 0.134. The summed E-state index contributed by atoms with van der Waals surface area (Å²) in [4.78, 5) is 7.22. The first kappa shape index (κ1) is 14.5. The first-order valence-corrected chi connectivity index (χ1v) is 7.72. The van der Waals surface area contributed by atoms with Crippen LogP contribution in [-0.4, -0.2) is 47.1 Å². The van der Waals surface area contributed by atoms with Gasteiger partial charge in [-0.05, 0) is 31.5 Å². The second-order valence-corrected chi connectivity index (χ2v) is 5.77. The van der Waals surface area contributed by atoms with Gasteiger partial charge < -0.3 is 14.9 Å². The summed E-state index contributed by atoms with van der Waals surface area (Å²) in [5.74, 6) is 0. The maximum atomic E-state index is 6.46. The molecule has 2 aromatic rings. The average molecular weight is 288 g/mol. The maximum absolute atomic E-state index is 6.46. The Balaban J connectivity index is 1.92. The third-order valence-electron chi connectivity index (χ3n) is 4.30. The van der Waals surface area contributed by atoms with Gasteiger partial charge in [0.1, 0.15) is 5.65 Å². The summed E-state index contributed by atoms with van der Waals surface area (Å²) in [5, 5.41) is 0. The van der Waals surface area contributed by atoms with Gasteiger partial charge in [0.05, 0.1) is 18.3 Å². The lowest BCUT2D eigenvalue weighted by Gasteiger charge is -2.31. The maximum Gasteiger partial charge on any atom is 0.137 e. The van der Waals surface area contributed by atoms with Gasteiger partial charge in [0.2, 0.25) is 0 Å². The molecule has 3 rings (SSSR count). The van der Waals surface area contributed by atoms with Crippen molar-refractivity contribution in [2.75, 3.05) is 26.8 Å². The fourth-order valence-corrected chi connectivity index (χ4v) is 3.23. The van der Waals surface area contributed by atoms with Crippen molar-refractivity contribution < 1.29 is 4.74 Å². The van der Waals surface area contributed by atoms with E-state index in [2.05, 4.69) is 15.5 Å². The van der Waals surface area contributed by atoms with Crippen molar-refractivity contribution >= 4 is 5.65 Å².